The van der Waals surface area contributed by atoms with E-state index < -0.39 is 0 Å². The lowest BCUT2D eigenvalue weighted by Gasteiger charge is -2.10. The van der Waals surface area contributed by atoms with Gasteiger partial charge < -0.3 is 19.5 Å². The van der Waals surface area contributed by atoms with Gasteiger partial charge in [0.05, 0.1) is 13.7 Å². The van der Waals surface area contributed by atoms with Crippen molar-refractivity contribution < 1.29 is 19.0 Å². The highest BCUT2D eigenvalue weighted by Crippen LogP contribution is 2.17. The highest BCUT2D eigenvalue weighted by Gasteiger charge is 2.22. The van der Waals surface area contributed by atoms with Gasteiger partial charge in [0.15, 0.2) is 6.10 Å². The van der Waals surface area contributed by atoms with E-state index in [0.29, 0.717) is 13.2 Å². The van der Waals surface area contributed by atoms with E-state index in [1.165, 1.54) is 0 Å². The summed E-state index contributed by atoms with van der Waals surface area (Å²) in [6, 6.07) is 7.24. The van der Waals surface area contributed by atoms with Gasteiger partial charge >= 0.3 is 6.09 Å². The number of amides is 1. The second-order valence-electron chi connectivity index (χ2n) is 3.39. The molecule has 0 bridgehead atoms. The lowest BCUT2D eigenvalue weighted by molar-refractivity contribution is 0.105. The molecule has 1 saturated heterocycles. The first-order valence-electron chi connectivity index (χ1n) is 4.99. The Kier molecular flexibility index (Phi) is 3.14. The molecule has 0 radical (unpaired) electrons. The fourth-order valence-corrected chi connectivity index (χ4v) is 1.39. The average Bonchev–Trinajstić information content (AvgIpc) is 2.73. The van der Waals surface area contributed by atoms with Crippen LogP contribution in [0.15, 0.2) is 24.3 Å². The van der Waals surface area contributed by atoms with E-state index in [9.17, 15) is 4.79 Å². The number of benzene rings is 1. The van der Waals surface area contributed by atoms with Crippen LogP contribution in [0.4, 0.5) is 4.79 Å². The highest BCUT2D eigenvalue weighted by molar-refractivity contribution is 5.69. The summed E-state index contributed by atoms with van der Waals surface area (Å²) in [5.74, 6) is 1.50. The number of alkyl carbamates (subject to hydrolysis) is 1. The molecule has 1 aromatic carbocycles. The van der Waals surface area contributed by atoms with Gasteiger partial charge in [-0.2, -0.15) is 0 Å². The number of hydrogen-bond donors (Lipinski definition) is 1. The van der Waals surface area contributed by atoms with Crippen LogP contribution in [0.3, 0.4) is 0 Å². The smallest absolute Gasteiger partial charge is 0.407 e. The third-order valence-corrected chi connectivity index (χ3v) is 2.24. The Morgan fingerprint density at radius 2 is 2.06 bits per heavy atom. The molecule has 1 aromatic rings. The maximum atomic E-state index is 10.7. The monoisotopic (exact) mass is 223 g/mol. The Morgan fingerprint density at radius 1 is 1.38 bits per heavy atom. The van der Waals surface area contributed by atoms with Gasteiger partial charge in [-0.1, -0.05) is 0 Å². The van der Waals surface area contributed by atoms with Gasteiger partial charge in [0, 0.05) is 0 Å². The van der Waals surface area contributed by atoms with Crippen LogP contribution in [0.5, 0.6) is 11.5 Å². The fraction of sp³-hybridized carbons (Fsp3) is 0.364. The van der Waals surface area contributed by atoms with Crippen molar-refractivity contribution >= 4 is 6.09 Å². The maximum absolute atomic E-state index is 10.7. The largest absolute Gasteiger partial charge is 0.497 e. The molecule has 86 valence electrons. The third kappa shape index (κ3) is 2.56. The molecule has 0 saturated carbocycles. The Hall–Kier alpha value is -1.91. The van der Waals surface area contributed by atoms with Gasteiger partial charge in [-0.25, -0.2) is 4.79 Å². The average molecular weight is 223 g/mol. The summed E-state index contributed by atoms with van der Waals surface area (Å²) in [5, 5.41) is 2.56. The second-order valence-corrected chi connectivity index (χ2v) is 3.39. The number of rotatable bonds is 4. The molecule has 1 fully saturated rings. The molecule has 0 spiro atoms. The van der Waals surface area contributed by atoms with Gasteiger partial charge in [-0.15, -0.1) is 0 Å². The van der Waals surface area contributed by atoms with Crippen molar-refractivity contribution in [2.45, 2.75) is 6.10 Å². The summed E-state index contributed by atoms with van der Waals surface area (Å²) < 4.78 is 15.4. The van der Waals surface area contributed by atoms with Crippen LogP contribution in [-0.4, -0.2) is 32.5 Å². The van der Waals surface area contributed by atoms with E-state index in [0.717, 1.165) is 11.5 Å². The van der Waals surface area contributed by atoms with E-state index in [4.69, 9.17) is 14.2 Å². The first-order valence-corrected chi connectivity index (χ1v) is 4.99. The lowest BCUT2D eigenvalue weighted by atomic mass is 10.3. The summed E-state index contributed by atoms with van der Waals surface area (Å²) in [4.78, 5) is 10.7. The molecule has 1 heterocycles. The molecule has 16 heavy (non-hydrogen) atoms. The molecular weight excluding hydrogens is 210 g/mol. The van der Waals surface area contributed by atoms with Crippen LogP contribution < -0.4 is 14.8 Å². The summed E-state index contributed by atoms with van der Waals surface area (Å²) in [6.45, 7) is 0.847. The summed E-state index contributed by atoms with van der Waals surface area (Å²) in [5.41, 5.74) is 0. The molecule has 5 nitrogen and oxygen atoms in total. The quantitative estimate of drug-likeness (QED) is 0.832. The number of ether oxygens (including phenoxy) is 3. The van der Waals surface area contributed by atoms with E-state index in [1.807, 2.05) is 24.3 Å². The van der Waals surface area contributed by atoms with Crippen LogP contribution in [-0.2, 0) is 4.74 Å². The Bertz CT molecular complexity index is 363. The normalized spacial score (nSPS) is 18.8. The van der Waals surface area contributed by atoms with Crippen LogP contribution >= 0.6 is 0 Å². The number of methoxy groups -OCH3 is 1. The standard InChI is InChI=1S/C11H13NO4/c1-14-8-2-4-9(5-3-8)15-7-10-6-12-11(13)16-10/h2-5,10H,6-7H2,1H3,(H,12,13)/t10-/m0/s1. The molecule has 0 unspecified atom stereocenters. The van der Waals surface area contributed by atoms with E-state index in [2.05, 4.69) is 5.32 Å². The summed E-state index contributed by atoms with van der Waals surface area (Å²) >= 11 is 0. The van der Waals surface area contributed by atoms with Gasteiger partial charge in [-0.3, -0.25) is 0 Å². The minimum absolute atomic E-state index is 0.213. The predicted octanol–water partition coefficient (Wildman–Crippen LogP) is 1.18. The zero-order chi connectivity index (χ0) is 11.4. The van der Waals surface area contributed by atoms with Crippen molar-refractivity contribution in [1.29, 1.82) is 0 Å². The Labute approximate surface area is 93.3 Å². The molecule has 5 heteroatoms. The van der Waals surface area contributed by atoms with Crippen molar-refractivity contribution in [3.63, 3.8) is 0 Å². The molecule has 1 N–H and O–H groups in total. The number of carbonyl (C=O) groups excluding carboxylic acids is 1. The van der Waals surface area contributed by atoms with Crippen LogP contribution in [0.25, 0.3) is 0 Å². The van der Waals surface area contributed by atoms with Gasteiger partial charge in [0.25, 0.3) is 0 Å². The number of nitrogens with one attached hydrogen (secondary N) is 1. The highest BCUT2D eigenvalue weighted by atomic mass is 16.6. The second kappa shape index (κ2) is 4.74. The topological polar surface area (TPSA) is 56.8 Å². The van der Waals surface area contributed by atoms with Gasteiger partial charge in [0.2, 0.25) is 0 Å². The zero-order valence-corrected chi connectivity index (χ0v) is 8.93. The van der Waals surface area contributed by atoms with E-state index in [-0.39, 0.29) is 12.2 Å². The first-order chi connectivity index (χ1) is 7.78. The number of cyclic esters (lactones) is 1. The Morgan fingerprint density at radius 3 is 2.62 bits per heavy atom. The van der Waals surface area contributed by atoms with Crippen molar-refractivity contribution in [1.82, 2.24) is 5.32 Å². The summed E-state index contributed by atoms with van der Waals surface area (Å²) in [6.07, 6.45) is -0.599. The molecular formula is C11H13NO4. The van der Waals surface area contributed by atoms with Gasteiger partial charge in [0.1, 0.15) is 18.1 Å². The molecule has 1 amide bonds. The molecule has 1 aliphatic rings. The fourth-order valence-electron chi connectivity index (χ4n) is 1.39. The molecule has 2 rings (SSSR count). The lowest BCUT2D eigenvalue weighted by Crippen LogP contribution is -2.21. The van der Waals surface area contributed by atoms with Gasteiger partial charge in [-0.05, 0) is 24.3 Å². The van der Waals surface area contributed by atoms with Crippen LogP contribution in [0.1, 0.15) is 0 Å². The minimum Gasteiger partial charge on any atom is -0.497 e. The van der Waals surface area contributed by atoms with E-state index >= 15 is 0 Å². The Balaban J connectivity index is 1.82. The molecule has 1 aliphatic heterocycles. The minimum atomic E-state index is -0.386. The van der Waals surface area contributed by atoms with Crippen LogP contribution in [0, 0.1) is 0 Å². The molecule has 0 aromatic heterocycles. The molecule has 1 atom stereocenters. The van der Waals surface area contributed by atoms with E-state index in [1.54, 1.807) is 7.11 Å². The van der Waals surface area contributed by atoms with Crippen molar-refractivity contribution in [2.75, 3.05) is 20.3 Å². The van der Waals surface area contributed by atoms with Crippen molar-refractivity contribution in [3.8, 4) is 11.5 Å². The number of carbonyl (C=O) groups is 1. The van der Waals surface area contributed by atoms with Crippen molar-refractivity contribution in [2.24, 2.45) is 0 Å². The maximum Gasteiger partial charge on any atom is 0.407 e. The molecule has 0 aliphatic carbocycles. The van der Waals surface area contributed by atoms with Crippen LogP contribution in [0.2, 0.25) is 0 Å². The summed E-state index contributed by atoms with van der Waals surface area (Å²) in [7, 11) is 1.61. The first kappa shape index (κ1) is 10.6. The number of hydrogen-bond acceptors (Lipinski definition) is 4. The predicted molar refractivity (Wildman–Crippen MR) is 56.8 cm³/mol. The SMILES string of the molecule is COc1ccc(OC[C@@H]2CNC(=O)O2)cc1. The zero-order valence-electron chi connectivity index (χ0n) is 8.93. The third-order valence-electron chi connectivity index (χ3n) is 2.24. The van der Waals surface area contributed by atoms with Crippen molar-refractivity contribution in [3.05, 3.63) is 24.3 Å².